The van der Waals surface area contributed by atoms with E-state index in [1.807, 2.05) is 5.43 Å². The van der Waals surface area contributed by atoms with Crippen LogP contribution in [-0.2, 0) is 4.79 Å². The third-order valence-electron chi connectivity index (χ3n) is 0.658. The second-order valence-corrected chi connectivity index (χ2v) is 1.72. The molecule has 0 aliphatic rings. The third-order valence-corrected chi connectivity index (χ3v) is 0.658. The minimum atomic E-state index is -5.19. The highest BCUT2D eigenvalue weighted by Crippen LogP contribution is 2.11. The number of nitrogens with two attached hydrogens (primary N) is 4. The highest BCUT2D eigenvalue weighted by atomic mass is 19.4. The van der Waals surface area contributed by atoms with Crippen molar-refractivity contribution < 1.29 is 27.9 Å². The summed E-state index contributed by atoms with van der Waals surface area (Å²) in [6.07, 6.45) is -5.19. The second-order valence-electron chi connectivity index (χ2n) is 1.72. The van der Waals surface area contributed by atoms with Gasteiger partial charge in [0.15, 0.2) is 0 Å². The van der Waals surface area contributed by atoms with E-state index in [0.717, 1.165) is 0 Å². The number of carbonyl (C=O) groups is 1. The van der Waals surface area contributed by atoms with Crippen LogP contribution < -0.4 is 33.8 Å². The number of hydrazone groups is 2. The SMILES string of the molecule is NNC(N)=[N+](N)N.O=C([O-])C(F)(F)F. The molecule has 84 valence electrons. The number of aliphatic carboxylic acids is 1. The van der Waals surface area contributed by atoms with Gasteiger partial charge >= 0.3 is 12.1 Å². The number of hydrogen-bond acceptors (Lipinski definition) is 5. The number of rotatable bonds is 0. The Balaban J connectivity index is 0. The number of alkyl halides is 3. The van der Waals surface area contributed by atoms with E-state index in [1.54, 1.807) is 0 Å². The Kier molecular flexibility index (Phi) is 5.93. The monoisotopic (exact) mass is 218 g/mol. The molecule has 0 amide bonds. The summed E-state index contributed by atoms with van der Waals surface area (Å²) in [7, 11) is 0. The molecule has 0 heterocycles. The molecule has 0 rings (SSSR count). The van der Waals surface area contributed by atoms with Gasteiger partial charge in [-0.05, 0) is 0 Å². The van der Waals surface area contributed by atoms with Gasteiger partial charge in [-0.1, -0.05) is 4.79 Å². The Morgan fingerprint density at radius 1 is 1.36 bits per heavy atom. The number of nitrogens with one attached hydrogen (secondary N) is 1. The number of hydrogen-bond donors (Lipinski definition) is 5. The zero-order valence-electron chi connectivity index (χ0n) is 6.71. The molecule has 0 aromatic heterocycles. The van der Waals surface area contributed by atoms with Crippen LogP contribution in [0.2, 0.25) is 0 Å². The van der Waals surface area contributed by atoms with Crippen LogP contribution in [0.15, 0.2) is 0 Å². The number of hydrazine groups is 3. The van der Waals surface area contributed by atoms with Gasteiger partial charge in [0.05, 0.1) is 0 Å². The maximum absolute atomic E-state index is 10.5. The van der Waals surface area contributed by atoms with Crippen LogP contribution in [0.1, 0.15) is 0 Å². The zero-order chi connectivity index (χ0) is 11.9. The van der Waals surface area contributed by atoms with Gasteiger partial charge in [-0.15, -0.1) is 0 Å². The van der Waals surface area contributed by atoms with Crippen LogP contribution in [0.3, 0.4) is 0 Å². The Labute approximate surface area is 75.9 Å². The number of carboxylic acids is 1. The Bertz CT molecular complexity index is 221. The van der Waals surface area contributed by atoms with Crippen LogP contribution in [0.25, 0.3) is 0 Å². The molecule has 9 N–H and O–H groups in total. The molecule has 0 aromatic rings. The van der Waals surface area contributed by atoms with Gasteiger partial charge in [0.25, 0.3) is 0 Å². The predicted molar refractivity (Wildman–Crippen MR) is 36.2 cm³/mol. The van der Waals surface area contributed by atoms with Crippen LogP contribution in [0.5, 0.6) is 0 Å². The lowest BCUT2D eigenvalue weighted by Gasteiger charge is -2.03. The van der Waals surface area contributed by atoms with Crippen molar-refractivity contribution in [3.8, 4) is 0 Å². The largest absolute Gasteiger partial charge is 0.542 e. The number of carboxylic acid groups (broad SMARTS) is 1. The highest BCUT2D eigenvalue weighted by Gasteiger charge is 2.28. The van der Waals surface area contributed by atoms with Gasteiger partial charge in [-0.3, -0.25) is 17.4 Å². The van der Waals surface area contributed by atoms with Crippen molar-refractivity contribution in [2.24, 2.45) is 23.3 Å². The molecule has 11 heteroatoms. The van der Waals surface area contributed by atoms with E-state index >= 15 is 0 Å². The summed E-state index contributed by atoms with van der Waals surface area (Å²) in [4.78, 5) is 9.47. The van der Waals surface area contributed by atoms with Crippen molar-refractivity contribution in [2.45, 2.75) is 6.18 Å². The second kappa shape index (κ2) is 5.69. The molecular weight excluding hydrogens is 209 g/mol. The van der Waals surface area contributed by atoms with Gasteiger partial charge in [-0.25, -0.2) is 5.43 Å². The summed E-state index contributed by atoms with van der Waals surface area (Å²) < 4.78 is 31.5. The van der Waals surface area contributed by atoms with E-state index < -0.39 is 12.1 Å². The molecular formula is C3H9F3N6O2. The quantitative estimate of drug-likeness (QED) is 0.0905. The molecule has 14 heavy (non-hydrogen) atoms. The van der Waals surface area contributed by atoms with Crippen molar-refractivity contribution in [2.75, 3.05) is 0 Å². The van der Waals surface area contributed by atoms with Crippen LogP contribution in [0, 0.1) is 0 Å². The van der Waals surface area contributed by atoms with Gasteiger partial charge in [0, 0.05) is 0 Å². The van der Waals surface area contributed by atoms with Gasteiger partial charge in [0.1, 0.15) is 5.97 Å². The predicted octanol–water partition coefficient (Wildman–Crippen LogP) is -4.18. The normalized spacial score (nSPS) is 9.43. The first-order chi connectivity index (χ1) is 6.12. The molecule has 0 fully saturated rings. The Morgan fingerprint density at radius 3 is 1.64 bits per heavy atom. The van der Waals surface area contributed by atoms with E-state index in [9.17, 15) is 13.2 Å². The molecule has 0 bridgehead atoms. The minimum Gasteiger partial charge on any atom is -0.542 e. The number of carbonyl (C=O) groups excluding carboxylic acids is 1. The van der Waals surface area contributed by atoms with Crippen molar-refractivity contribution >= 4 is 11.9 Å². The maximum atomic E-state index is 10.5. The van der Waals surface area contributed by atoms with E-state index in [0.29, 0.717) is 4.79 Å². The molecule has 8 nitrogen and oxygen atoms in total. The molecule has 0 saturated carbocycles. The Hall–Kier alpha value is -1.91. The molecule has 0 aromatic carbocycles. The van der Waals surface area contributed by atoms with Gasteiger partial charge < -0.3 is 9.90 Å². The summed E-state index contributed by atoms with van der Waals surface area (Å²) >= 11 is 0. The number of halogens is 3. The van der Waals surface area contributed by atoms with Gasteiger partial charge in [0.2, 0.25) is 0 Å². The standard InChI is InChI=1S/C2HF3O2.CH8N6/c3-2(4,5)1(6)7;2-1(6-3)7(4)5/h(H,6,7);3-5H2,(H2,2,6). The fraction of sp³-hybridized carbons (Fsp3) is 0.333. The van der Waals surface area contributed by atoms with E-state index in [4.69, 9.17) is 33.2 Å². The molecule has 0 atom stereocenters. The smallest absolute Gasteiger partial charge is 0.430 e. The molecule has 0 radical (unpaired) electrons. The first-order valence-electron chi connectivity index (χ1n) is 2.79. The van der Waals surface area contributed by atoms with Crippen LogP contribution >= 0.6 is 0 Å². The lowest BCUT2D eigenvalue weighted by Crippen LogP contribution is -2.49. The Morgan fingerprint density at radius 2 is 1.64 bits per heavy atom. The lowest BCUT2D eigenvalue weighted by molar-refractivity contribution is -0.554. The average Bonchev–Trinajstić information content (AvgIpc) is 2.02. The zero-order valence-corrected chi connectivity index (χ0v) is 6.71. The lowest BCUT2D eigenvalue weighted by atomic mass is 10.7. The molecule has 0 saturated heterocycles. The third kappa shape index (κ3) is 8.19. The van der Waals surface area contributed by atoms with Crippen molar-refractivity contribution in [1.29, 1.82) is 0 Å². The topological polar surface area (TPSA) is 159 Å². The summed E-state index contributed by atoms with van der Waals surface area (Å²) in [5.41, 5.74) is 7.01. The molecule has 0 aliphatic heterocycles. The van der Waals surface area contributed by atoms with E-state index in [1.165, 1.54) is 0 Å². The molecule has 0 spiro atoms. The summed E-state index contributed by atoms with van der Waals surface area (Å²) in [6.45, 7) is 0. The van der Waals surface area contributed by atoms with Crippen LogP contribution in [0.4, 0.5) is 13.2 Å². The summed E-state index contributed by atoms with van der Waals surface area (Å²) in [5.74, 6) is 11.5. The average molecular weight is 218 g/mol. The highest BCUT2D eigenvalue weighted by molar-refractivity contribution is 5.71. The molecule has 0 unspecified atom stereocenters. The summed E-state index contributed by atoms with van der Waals surface area (Å²) in [6, 6.07) is 0. The van der Waals surface area contributed by atoms with Crippen molar-refractivity contribution in [3.63, 3.8) is 0 Å². The van der Waals surface area contributed by atoms with Crippen LogP contribution in [-0.4, -0.2) is 22.9 Å². The summed E-state index contributed by atoms with van der Waals surface area (Å²) in [5, 5.41) is 8.78. The number of nitrogens with zero attached hydrogens (tertiary/aromatic N) is 1. The van der Waals surface area contributed by atoms with Gasteiger partial charge in [-0.2, -0.15) is 19.0 Å². The maximum Gasteiger partial charge on any atom is 0.430 e. The fourth-order valence-corrected chi connectivity index (χ4v) is 0.0745. The molecule has 0 aliphatic carbocycles. The van der Waals surface area contributed by atoms with Crippen molar-refractivity contribution in [1.82, 2.24) is 5.43 Å². The van der Waals surface area contributed by atoms with E-state index in [2.05, 4.69) is 0 Å². The first kappa shape index (κ1) is 14.6. The fourth-order valence-electron chi connectivity index (χ4n) is 0.0745. The minimum absolute atomic E-state index is 0.0139. The van der Waals surface area contributed by atoms with Crippen molar-refractivity contribution in [3.05, 3.63) is 0 Å². The first-order valence-corrected chi connectivity index (χ1v) is 2.79. The van der Waals surface area contributed by atoms with E-state index in [-0.39, 0.29) is 5.96 Å². The number of guanidine groups is 1.